The van der Waals surface area contributed by atoms with Gasteiger partial charge in [-0.3, -0.25) is 19.3 Å². The van der Waals surface area contributed by atoms with E-state index in [1.54, 1.807) is 20.3 Å². The highest BCUT2D eigenvalue weighted by molar-refractivity contribution is 7.71. The van der Waals surface area contributed by atoms with Crippen LogP contribution in [0.5, 0.6) is 17.4 Å². The van der Waals surface area contributed by atoms with Crippen LogP contribution in [-0.2, 0) is 6.54 Å². The maximum absolute atomic E-state index is 12.1. The Morgan fingerprint density at radius 2 is 1.92 bits per heavy atom. The molecule has 1 heterocycles. The molecular weight excluding hydrogens is 354 g/mol. The molecule has 0 amide bonds. The Kier molecular flexibility index (Phi) is 6.57. The Morgan fingerprint density at radius 1 is 1.31 bits per heavy atom. The van der Waals surface area contributed by atoms with Crippen LogP contribution in [0.1, 0.15) is 37.4 Å². The summed E-state index contributed by atoms with van der Waals surface area (Å²) >= 11 is 5.15. The summed E-state index contributed by atoms with van der Waals surface area (Å²) in [7, 11) is 3.15. The lowest BCUT2D eigenvalue weighted by Crippen LogP contribution is -2.20. The van der Waals surface area contributed by atoms with Crippen molar-refractivity contribution in [1.82, 2.24) is 9.55 Å². The van der Waals surface area contributed by atoms with Gasteiger partial charge in [0, 0.05) is 18.3 Å². The Balaban J connectivity index is 2.34. The maximum Gasteiger partial charge on any atom is 0.264 e. The molecule has 7 nitrogen and oxygen atoms in total. The zero-order valence-electron chi connectivity index (χ0n) is 15.3. The van der Waals surface area contributed by atoms with Crippen LogP contribution in [0, 0.1) is 4.77 Å². The topological polar surface area (TPSA) is 88.8 Å². The molecule has 0 saturated heterocycles. The summed E-state index contributed by atoms with van der Waals surface area (Å²) in [4.78, 5) is 19.0. The van der Waals surface area contributed by atoms with Crippen LogP contribution in [-0.4, -0.2) is 35.1 Å². The van der Waals surface area contributed by atoms with Crippen LogP contribution in [0.25, 0.3) is 0 Å². The predicted octanol–water partition coefficient (Wildman–Crippen LogP) is 3.22. The fourth-order valence-corrected chi connectivity index (χ4v) is 2.82. The minimum atomic E-state index is -0.473. The Hall–Kier alpha value is -2.61. The molecule has 0 aliphatic rings. The van der Waals surface area contributed by atoms with E-state index in [2.05, 4.69) is 9.98 Å². The molecular formula is C18H23N3O4S. The second kappa shape index (κ2) is 8.66. The van der Waals surface area contributed by atoms with Gasteiger partial charge in [-0.15, -0.1) is 0 Å². The number of hydrogen-bond acceptors (Lipinski definition) is 6. The molecule has 1 aromatic carbocycles. The third-order valence-corrected chi connectivity index (χ3v) is 4.39. The molecule has 0 fully saturated rings. The zero-order chi connectivity index (χ0) is 19.3. The van der Waals surface area contributed by atoms with Crippen LogP contribution in [0.4, 0.5) is 0 Å². The third-order valence-electron chi connectivity index (χ3n) is 4.09. The number of benzene rings is 1. The average molecular weight is 377 g/mol. The number of H-pyrrole nitrogens is 1. The summed E-state index contributed by atoms with van der Waals surface area (Å²) in [5, 5.41) is 10.5. The van der Waals surface area contributed by atoms with E-state index in [4.69, 9.17) is 21.7 Å². The van der Waals surface area contributed by atoms with E-state index in [1.807, 2.05) is 26.0 Å². The van der Waals surface area contributed by atoms with Crippen molar-refractivity contribution in [1.29, 1.82) is 0 Å². The van der Waals surface area contributed by atoms with Crippen molar-refractivity contribution in [3.05, 3.63) is 44.5 Å². The minimum Gasteiger partial charge on any atom is -0.497 e. The van der Waals surface area contributed by atoms with Gasteiger partial charge in [-0.2, -0.15) is 0 Å². The Labute approximate surface area is 156 Å². The van der Waals surface area contributed by atoms with E-state index < -0.39 is 5.56 Å². The molecule has 0 radical (unpaired) electrons. The highest BCUT2D eigenvalue weighted by Crippen LogP contribution is 2.23. The van der Waals surface area contributed by atoms with Crippen molar-refractivity contribution in [2.75, 3.05) is 14.2 Å². The standard InChI is InChI=1S/C18H23N3O4S/c1-5-11(2)21-17(23)15(16(22)20-18(21)26)10-19-9-12-6-13(24-3)8-14(7-12)25-4/h6-8,10-11,23H,5,9H2,1-4H3,(H,20,22,26)/t11-/m1/s1. The van der Waals surface area contributed by atoms with E-state index in [0.717, 1.165) is 12.0 Å². The van der Waals surface area contributed by atoms with Crippen molar-refractivity contribution in [2.45, 2.75) is 32.9 Å². The quantitative estimate of drug-likeness (QED) is 0.571. The maximum atomic E-state index is 12.1. The lowest BCUT2D eigenvalue weighted by Gasteiger charge is -2.16. The van der Waals surface area contributed by atoms with Crippen LogP contribution in [0.15, 0.2) is 28.0 Å². The number of methoxy groups -OCH3 is 2. The summed E-state index contributed by atoms with van der Waals surface area (Å²) < 4.78 is 12.2. The summed E-state index contributed by atoms with van der Waals surface area (Å²) in [6.07, 6.45) is 2.11. The van der Waals surface area contributed by atoms with Gasteiger partial charge in [0.1, 0.15) is 17.1 Å². The molecule has 0 spiro atoms. The molecule has 0 saturated carbocycles. The summed E-state index contributed by atoms with van der Waals surface area (Å²) in [6, 6.07) is 5.38. The molecule has 0 unspecified atom stereocenters. The summed E-state index contributed by atoms with van der Waals surface area (Å²) in [5.74, 6) is 1.13. The van der Waals surface area contributed by atoms with Gasteiger partial charge in [-0.25, -0.2) is 0 Å². The minimum absolute atomic E-state index is 0.0471. The number of aromatic hydroxyl groups is 1. The monoisotopic (exact) mass is 377 g/mol. The van der Waals surface area contributed by atoms with Crippen LogP contribution in [0.3, 0.4) is 0 Å². The predicted molar refractivity (Wildman–Crippen MR) is 103 cm³/mol. The van der Waals surface area contributed by atoms with Crippen molar-refractivity contribution < 1.29 is 14.6 Å². The fraction of sp³-hybridized carbons (Fsp3) is 0.389. The van der Waals surface area contributed by atoms with Crippen molar-refractivity contribution in [3.63, 3.8) is 0 Å². The van der Waals surface area contributed by atoms with Crippen molar-refractivity contribution >= 4 is 18.4 Å². The lowest BCUT2D eigenvalue weighted by atomic mass is 10.2. The van der Waals surface area contributed by atoms with Gasteiger partial charge in [0.05, 0.1) is 20.8 Å². The molecule has 0 aliphatic carbocycles. The average Bonchev–Trinajstić information content (AvgIpc) is 2.63. The number of aliphatic imine (C=N–C) groups is 1. The molecule has 2 N–H and O–H groups in total. The first-order valence-electron chi connectivity index (χ1n) is 8.20. The Bertz CT molecular complexity index is 895. The van der Waals surface area contributed by atoms with Gasteiger partial charge in [-0.05, 0) is 43.3 Å². The van der Waals surface area contributed by atoms with Crippen LogP contribution >= 0.6 is 12.2 Å². The van der Waals surface area contributed by atoms with Crippen molar-refractivity contribution in [2.24, 2.45) is 4.99 Å². The number of nitrogens with one attached hydrogen (secondary N) is 1. The molecule has 8 heteroatoms. The van der Waals surface area contributed by atoms with Gasteiger partial charge in [0.15, 0.2) is 4.77 Å². The lowest BCUT2D eigenvalue weighted by molar-refractivity contribution is 0.371. The first-order valence-corrected chi connectivity index (χ1v) is 8.61. The third kappa shape index (κ3) is 4.32. The summed E-state index contributed by atoms with van der Waals surface area (Å²) in [5.41, 5.74) is 0.454. The molecule has 1 aromatic heterocycles. The van der Waals surface area contributed by atoms with Crippen molar-refractivity contribution in [3.8, 4) is 17.4 Å². The molecule has 0 aliphatic heterocycles. The van der Waals surface area contributed by atoms with E-state index in [1.165, 1.54) is 10.8 Å². The van der Waals surface area contributed by atoms with E-state index in [0.29, 0.717) is 18.0 Å². The second-order valence-electron chi connectivity index (χ2n) is 5.81. The Morgan fingerprint density at radius 3 is 2.46 bits per heavy atom. The number of aromatic amines is 1. The molecule has 2 aromatic rings. The van der Waals surface area contributed by atoms with Gasteiger partial charge in [-0.1, -0.05) is 6.92 Å². The highest BCUT2D eigenvalue weighted by Gasteiger charge is 2.14. The normalized spacial score (nSPS) is 12.3. The van der Waals surface area contributed by atoms with Gasteiger partial charge < -0.3 is 14.6 Å². The largest absolute Gasteiger partial charge is 0.497 e. The molecule has 1 atom stereocenters. The van der Waals surface area contributed by atoms with Crippen LogP contribution < -0.4 is 15.0 Å². The molecule has 140 valence electrons. The van der Waals surface area contributed by atoms with E-state index in [-0.39, 0.29) is 22.3 Å². The second-order valence-corrected chi connectivity index (χ2v) is 6.20. The van der Waals surface area contributed by atoms with E-state index >= 15 is 0 Å². The van der Waals surface area contributed by atoms with Crippen LogP contribution in [0.2, 0.25) is 0 Å². The zero-order valence-corrected chi connectivity index (χ0v) is 16.1. The molecule has 0 bridgehead atoms. The number of aromatic nitrogens is 2. The highest BCUT2D eigenvalue weighted by atomic mass is 32.1. The number of ether oxygens (including phenoxy) is 2. The molecule has 2 rings (SSSR count). The fourth-order valence-electron chi connectivity index (χ4n) is 2.46. The summed E-state index contributed by atoms with van der Waals surface area (Å²) in [6.45, 7) is 4.18. The van der Waals surface area contributed by atoms with Gasteiger partial charge in [0.2, 0.25) is 5.88 Å². The number of nitrogens with zero attached hydrogens (tertiary/aromatic N) is 2. The smallest absolute Gasteiger partial charge is 0.264 e. The number of hydrogen-bond donors (Lipinski definition) is 2. The number of rotatable bonds is 7. The first kappa shape index (κ1) is 19.7. The van der Waals surface area contributed by atoms with Gasteiger partial charge >= 0.3 is 0 Å². The van der Waals surface area contributed by atoms with Gasteiger partial charge in [0.25, 0.3) is 5.56 Å². The van der Waals surface area contributed by atoms with E-state index in [9.17, 15) is 9.90 Å². The first-order chi connectivity index (χ1) is 12.4. The SMILES string of the molecule is CC[C@@H](C)n1c(O)c(C=NCc2cc(OC)cc(OC)c2)c(=O)[nH]c1=S. The molecule has 26 heavy (non-hydrogen) atoms.